The van der Waals surface area contributed by atoms with Gasteiger partial charge in [-0.2, -0.15) is 5.10 Å². The molecule has 0 bridgehead atoms. The fourth-order valence-corrected chi connectivity index (χ4v) is 4.41. The monoisotopic (exact) mass is 387 g/mol. The van der Waals surface area contributed by atoms with Gasteiger partial charge >= 0.3 is 0 Å². The van der Waals surface area contributed by atoms with Gasteiger partial charge in [-0.15, -0.1) is 12.4 Å². The number of hydrogen-bond donors (Lipinski definition) is 2. The van der Waals surface area contributed by atoms with E-state index in [1.54, 1.807) is 16.8 Å². The van der Waals surface area contributed by atoms with Crippen LogP contribution in [0.3, 0.4) is 0 Å². The maximum absolute atomic E-state index is 13.1. The second kappa shape index (κ2) is 6.65. The van der Waals surface area contributed by atoms with E-state index in [2.05, 4.69) is 15.4 Å². The van der Waals surface area contributed by atoms with Crippen LogP contribution in [0.25, 0.3) is 16.6 Å². The standard InChI is InChI=1S/C19H21N5O2.ClH/c25-17-13-3-1-2-4-15(13)24-16(22-17)14(11-21-24)18(26)23-9-6-19(7-10-23)5-8-20-12-19;/h1-4,11,20H,5-10,12H2,(H,22,25);1H. The molecule has 0 atom stereocenters. The highest BCUT2D eigenvalue weighted by Gasteiger charge is 2.38. The van der Waals surface area contributed by atoms with E-state index in [0.29, 0.717) is 27.5 Å². The van der Waals surface area contributed by atoms with Gasteiger partial charge in [-0.25, -0.2) is 4.52 Å². The van der Waals surface area contributed by atoms with Crippen LogP contribution in [0.1, 0.15) is 29.6 Å². The van der Waals surface area contributed by atoms with E-state index in [-0.39, 0.29) is 23.9 Å². The molecule has 0 unspecified atom stereocenters. The summed E-state index contributed by atoms with van der Waals surface area (Å²) in [6, 6.07) is 7.29. The predicted octanol–water partition coefficient (Wildman–Crippen LogP) is 1.81. The van der Waals surface area contributed by atoms with Crippen molar-refractivity contribution in [1.29, 1.82) is 0 Å². The van der Waals surface area contributed by atoms with Crippen LogP contribution >= 0.6 is 12.4 Å². The number of rotatable bonds is 1. The van der Waals surface area contributed by atoms with Crippen LogP contribution in [0, 0.1) is 5.41 Å². The number of piperidine rings is 1. The number of para-hydroxylation sites is 1. The number of fused-ring (bicyclic) bond motifs is 3. The van der Waals surface area contributed by atoms with E-state index in [1.165, 1.54) is 6.42 Å². The molecule has 2 fully saturated rings. The van der Waals surface area contributed by atoms with Gasteiger partial charge in [0.1, 0.15) is 11.2 Å². The first-order valence-electron chi connectivity index (χ1n) is 9.16. The summed E-state index contributed by atoms with van der Waals surface area (Å²) in [6.45, 7) is 3.66. The van der Waals surface area contributed by atoms with Crippen molar-refractivity contribution < 1.29 is 4.79 Å². The van der Waals surface area contributed by atoms with Crippen LogP contribution in [0.15, 0.2) is 35.3 Å². The van der Waals surface area contributed by atoms with Crippen molar-refractivity contribution in [1.82, 2.24) is 24.8 Å². The Balaban J connectivity index is 0.00000180. The van der Waals surface area contributed by atoms with E-state index < -0.39 is 0 Å². The lowest BCUT2D eigenvalue weighted by atomic mass is 9.78. The fraction of sp³-hybridized carbons (Fsp3) is 0.421. The van der Waals surface area contributed by atoms with Gasteiger partial charge in [-0.1, -0.05) is 12.1 Å². The van der Waals surface area contributed by atoms with E-state index in [9.17, 15) is 9.59 Å². The third kappa shape index (κ3) is 2.82. The van der Waals surface area contributed by atoms with Crippen LogP contribution in [0.5, 0.6) is 0 Å². The third-order valence-electron chi connectivity index (χ3n) is 6.05. The number of halogens is 1. The quantitative estimate of drug-likeness (QED) is 0.667. The number of likely N-dealkylation sites (tertiary alicyclic amines) is 1. The third-order valence-corrected chi connectivity index (χ3v) is 6.05. The Morgan fingerprint density at radius 3 is 2.67 bits per heavy atom. The first kappa shape index (κ1) is 18.0. The van der Waals surface area contributed by atoms with Crippen LogP contribution in [-0.4, -0.2) is 51.6 Å². The summed E-state index contributed by atoms with van der Waals surface area (Å²) in [7, 11) is 0. The Labute approximate surface area is 162 Å². The number of carbonyl (C=O) groups excluding carboxylic acids is 1. The van der Waals surface area contributed by atoms with Crippen molar-refractivity contribution in [2.75, 3.05) is 26.2 Å². The Hall–Kier alpha value is -2.38. The Kier molecular flexibility index (Phi) is 4.44. The molecule has 0 saturated carbocycles. The molecule has 0 radical (unpaired) electrons. The summed E-state index contributed by atoms with van der Waals surface area (Å²) in [5.41, 5.74) is 1.81. The van der Waals surface area contributed by atoms with Crippen molar-refractivity contribution in [2.45, 2.75) is 19.3 Å². The number of nitrogens with zero attached hydrogens (tertiary/aromatic N) is 3. The zero-order chi connectivity index (χ0) is 17.7. The molecule has 2 aliphatic heterocycles. The molecule has 7 nitrogen and oxygen atoms in total. The molecule has 3 aromatic rings. The second-order valence-electron chi connectivity index (χ2n) is 7.51. The van der Waals surface area contributed by atoms with Gasteiger partial charge in [0.25, 0.3) is 11.5 Å². The van der Waals surface area contributed by atoms with Crippen molar-refractivity contribution in [3.05, 3.63) is 46.4 Å². The average molecular weight is 388 g/mol. The molecule has 2 saturated heterocycles. The summed E-state index contributed by atoms with van der Waals surface area (Å²) in [5, 5.41) is 8.37. The number of amides is 1. The van der Waals surface area contributed by atoms with Gasteiger partial charge in [0.15, 0.2) is 0 Å². The largest absolute Gasteiger partial charge is 0.338 e. The molecule has 2 aromatic heterocycles. The van der Waals surface area contributed by atoms with E-state index >= 15 is 0 Å². The first-order chi connectivity index (χ1) is 12.7. The zero-order valence-corrected chi connectivity index (χ0v) is 15.7. The van der Waals surface area contributed by atoms with Gasteiger partial charge in [-0.05, 0) is 43.4 Å². The number of aromatic amines is 1. The number of hydrogen-bond acceptors (Lipinski definition) is 4. The maximum Gasteiger partial charge on any atom is 0.259 e. The number of aromatic nitrogens is 3. The van der Waals surface area contributed by atoms with Crippen LogP contribution in [0.2, 0.25) is 0 Å². The Bertz CT molecular complexity index is 1060. The van der Waals surface area contributed by atoms with E-state index in [1.807, 2.05) is 23.1 Å². The average Bonchev–Trinajstić information content (AvgIpc) is 3.30. The topological polar surface area (TPSA) is 82.5 Å². The minimum Gasteiger partial charge on any atom is -0.338 e. The SMILES string of the molecule is Cl.O=C(c1cnn2c1[nH]c(=O)c1ccccc12)N1CCC2(CCNC2)CC1. The van der Waals surface area contributed by atoms with Crippen LogP contribution in [0.4, 0.5) is 0 Å². The maximum atomic E-state index is 13.1. The number of nitrogens with one attached hydrogen (secondary N) is 2. The molecule has 1 amide bonds. The summed E-state index contributed by atoms with van der Waals surface area (Å²) >= 11 is 0. The molecule has 142 valence electrons. The fourth-order valence-electron chi connectivity index (χ4n) is 4.41. The molecular formula is C19H22ClN5O2. The Morgan fingerprint density at radius 1 is 1.15 bits per heavy atom. The normalized spacial score (nSPS) is 18.9. The number of benzene rings is 1. The van der Waals surface area contributed by atoms with Crippen LogP contribution in [-0.2, 0) is 0 Å². The van der Waals surface area contributed by atoms with E-state index in [0.717, 1.165) is 39.0 Å². The van der Waals surface area contributed by atoms with Gasteiger partial charge in [-0.3, -0.25) is 9.59 Å². The predicted molar refractivity (Wildman–Crippen MR) is 106 cm³/mol. The highest BCUT2D eigenvalue weighted by molar-refractivity contribution is 6.00. The minimum absolute atomic E-state index is 0. The lowest BCUT2D eigenvalue weighted by molar-refractivity contribution is 0.0609. The lowest BCUT2D eigenvalue weighted by Crippen LogP contribution is -2.44. The smallest absolute Gasteiger partial charge is 0.259 e. The molecular weight excluding hydrogens is 366 g/mol. The lowest BCUT2D eigenvalue weighted by Gasteiger charge is -2.38. The highest BCUT2D eigenvalue weighted by Crippen LogP contribution is 2.37. The zero-order valence-electron chi connectivity index (χ0n) is 14.9. The summed E-state index contributed by atoms with van der Waals surface area (Å²) in [4.78, 5) is 30.2. The van der Waals surface area contributed by atoms with Crippen molar-refractivity contribution in [3.63, 3.8) is 0 Å². The van der Waals surface area contributed by atoms with Gasteiger partial charge in [0, 0.05) is 19.6 Å². The first-order valence-corrected chi connectivity index (χ1v) is 9.16. The summed E-state index contributed by atoms with van der Waals surface area (Å²) in [6.07, 6.45) is 4.83. The molecule has 8 heteroatoms. The number of H-pyrrole nitrogens is 1. The molecule has 1 spiro atoms. The van der Waals surface area contributed by atoms with Gasteiger partial charge in [0.2, 0.25) is 0 Å². The van der Waals surface area contributed by atoms with Crippen molar-refractivity contribution >= 4 is 34.9 Å². The summed E-state index contributed by atoms with van der Waals surface area (Å²) < 4.78 is 1.65. The van der Waals surface area contributed by atoms with Crippen LogP contribution < -0.4 is 10.9 Å². The molecule has 2 aliphatic rings. The van der Waals surface area contributed by atoms with Gasteiger partial charge in [0.05, 0.1) is 17.1 Å². The van der Waals surface area contributed by atoms with Crippen molar-refractivity contribution in [2.24, 2.45) is 5.41 Å². The molecule has 0 aliphatic carbocycles. The molecule has 1 aromatic carbocycles. The molecule has 4 heterocycles. The minimum atomic E-state index is -0.197. The Morgan fingerprint density at radius 2 is 1.93 bits per heavy atom. The summed E-state index contributed by atoms with van der Waals surface area (Å²) in [5.74, 6) is -0.0493. The molecule has 5 rings (SSSR count). The highest BCUT2D eigenvalue weighted by atomic mass is 35.5. The van der Waals surface area contributed by atoms with Gasteiger partial charge < -0.3 is 15.2 Å². The molecule has 2 N–H and O–H groups in total. The molecule has 27 heavy (non-hydrogen) atoms. The van der Waals surface area contributed by atoms with E-state index in [4.69, 9.17) is 0 Å². The second-order valence-corrected chi connectivity index (χ2v) is 7.51. The van der Waals surface area contributed by atoms with Crippen molar-refractivity contribution in [3.8, 4) is 0 Å². The number of carbonyl (C=O) groups is 1.